The Balaban J connectivity index is 2.65. The fourth-order valence-corrected chi connectivity index (χ4v) is 3.57. The molecule has 0 saturated carbocycles. The normalized spacial score (nSPS) is 12.1. The number of anilines is 2. The van der Waals surface area contributed by atoms with E-state index in [2.05, 4.69) is 0 Å². The Labute approximate surface area is 152 Å². The first-order valence-electron chi connectivity index (χ1n) is 7.43. The van der Waals surface area contributed by atoms with Crippen molar-refractivity contribution in [1.29, 1.82) is 0 Å². The molecule has 0 aliphatic heterocycles. The van der Waals surface area contributed by atoms with Gasteiger partial charge in [0.05, 0.1) is 16.9 Å². The maximum atomic E-state index is 13.0. The van der Waals surface area contributed by atoms with Crippen LogP contribution in [0.15, 0.2) is 38.9 Å². The smallest absolute Gasteiger partial charge is 0.376 e. The predicted octanol–water partition coefficient (Wildman–Crippen LogP) is 0.970. The number of aryl methyl sites for hydroxylation is 1. The molecule has 0 atom stereocenters. The maximum Gasteiger partial charge on any atom is 0.416 e. The Morgan fingerprint density at radius 2 is 1.70 bits per heavy atom. The van der Waals surface area contributed by atoms with Gasteiger partial charge in [-0.1, -0.05) is 0 Å². The highest BCUT2D eigenvalue weighted by atomic mass is 32.2. The fraction of sp³-hybridized carbons (Fsp3) is 0.333. The third kappa shape index (κ3) is 3.99. The van der Waals surface area contributed by atoms with Gasteiger partial charge in [-0.2, -0.15) is 13.2 Å². The topological polar surface area (TPSA) is 93.4 Å². The van der Waals surface area contributed by atoms with Crippen molar-refractivity contribution in [2.75, 3.05) is 23.7 Å². The zero-order chi connectivity index (χ0) is 20.7. The Bertz CT molecular complexity index is 1100. The Hall–Kier alpha value is -2.76. The first-order chi connectivity index (χ1) is 12.3. The molecule has 1 aromatic carbocycles. The maximum absolute atomic E-state index is 13.0. The zero-order valence-electron chi connectivity index (χ0n) is 14.8. The number of benzene rings is 1. The van der Waals surface area contributed by atoms with E-state index in [-0.39, 0.29) is 11.4 Å². The molecular weight excluding hydrogens is 389 g/mol. The lowest BCUT2D eigenvalue weighted by Gasteiger charge is -2.20. The van der Waals surface area contributed by atoms with Crippen LogP contribution in [-0.2, 0) is 30.3 Å². The number of sulfonamides is 1. The minimum absolute atomic E-state index is 0.160. The highest BCUT2D eigenvalue weighted by Gasteiger charge is 2.32. The average molecular weight is 406 g/mol. The zero-order valence-corrected chi connectivity index (χ0v) is 15.6. The molecule has 0 aliphatic carbocycles. The third-order valence-corrected chi connectivity index (χ3v) is 5.10. The van der Waals surface area contributed by atoms with E-state index in [9.17, 15) is 31.2 Å². The summed E-state index contributed by atoms with van der Waals surface area (Å²) in [5, 5.41) is 0. The van der Waals surface area contributed by atoms with E-state index in [4.69, 9.17) is 0 Å². The molecule has 0 saturated heterocycles. The van der Waals surface area contributed by atoms with Gasteiger partial charge < -0.3 is 9.47 Å². The van der Waals surface area contributed by atoms with Crippen LogP contribution in [0.5, 0.6) is 0 Å². The number of rotatable bonds is 4. The number of hydrogen-bond donors (Lipinski definition) is 1. The highest BCUT2D eigenvalue weighted by Crippen LogP contribution is 2.35. The van der Waals surface area contributed by atoms with Crippen LogP contribution in [0.4, 0.5) is 24.5 Å². The van der Waals surface area contributed by atoms with Crippen LogP contribution in [0, 0.1) is 0 Å². The first kappa shape index (κ1) is 20.6. The molecule has 12 heteroatoms. The van der Waals surface area contributed by atoms with Crippen LogP contribution in [0.2, 0.25) is 0 Å². The van der Waals surface area contributed by atoms with Gasteiger partial charge in [0.25, 0.3) is 15.6 Å². The average Bonchev–Trinajstić information content (AvgIpc) is 2.54. The van der Waals surface area contributed by atoms with Crippen molar-refractivity contribution in [2.45, 2.75) is 11.1 Å². The first-order valence-corrected chi connectivity index (χ1v) is 8.92. The van der Waals surface area contributed by atoms with Gasteiger partial charge in [0.1, 0.15) is 0 Å². The van der Waals surface area contributed by atoms with E-state index in [1.165, 1.54) is 26.0 Å². The Morgan fingerprint density at radius 3 is 2.22 bits per heavy atom. The number of nitrogens with zero attached hydrogens (tertiary/aromatic N) is 3. The molecule has 0 unspecified atom stereocenters. The Morgan fingerprint density at radius 1 is 1.11 bits per heavy atom. The van der Waals surface area contributed by atoms with Crippen molar-refractivity contribution in [2.24, 2.45) is 14.1 Å². The van der Waals surface area contributed by atoms with Crippen molar-refractivity contribution in [3.05, 3.63) is 50.8 Å². The molecule has 2 aromatic rings. The summed E-state index contributed by atoms with van der Waals surface area (Å²) in [5.74, 6) is 0. The van der Waals surface area contributed by atoms with Crippen LogP contribution in [0.3, 0.4) is 0 Å². The van der Waals surface area contributed by atoms with Crippen molar-refractivity contribution in [3.63, 3.8) is 0 Å². The molecule has 0 radical (unpaired) electrons. The second-order valence-corrected chi connectivity index (χ2v) is 7.63. The van der Waals surface area contributed by atoms with Gasteiger partial charge in [-0.25, -0.2) is 13.2 Å². The standard InChI is InChI=1S/C15H17F3N4O4S/c1-20(2)11-6-5-9(15(16,17)18)7-10(11)19-27(25,26)12-8-21(3)14(24)22(4)13(12)23/h5-8,19H,1-4H3. The number of nitrogens with one attached hydrogen (secondary N) is 1. The van der Waals surface area contributed by atoms with E-state index in [0.29, 0.717) is 10.6 Å². The summed E-state index contributed by atoms with van der Waals surface area (Å²) in [6, 6.07) is 2.57. The lowest BCUT2D eigenvalue weighted by atomic mass is 10.1. The van der Waals surface area contributed by atoms with E-state index in [1.54, 1.807) is 0 Å². The van der Waals surface area contributed by atoms with E-state index < -0.39 is 37.9 Å². The molecule has 8 nitrogen and oxygen atoms in total. The fourth-order valence-electron chi connectivity index (χ4n) is 2.34. The molecule has 0 aliphatic rings. The number of halogens is 3. The van der Waals surface area contributed by atoms with Crippen LogP contribution in [0.1, 0.15) is 5.56 Å². The second-order valence-electron chi connectivity index (χ2n) is 5.98. The lowest BCUT2D eigenvalue weighted by molar-refractivity contribution is -0.137. The van der Waals surface area contributed by atoms with Crippen molar-refractivity contribution >= 4 is 21.4 Å². The second kappa shape index (κ2) is 6.76. The van der Waals surface area contributed by atoms with Gasteiger partial charge in [-0.3, -0.25) is 14.1 Å². The molecule has 0 bridgehead atoms. The molecule has 2 rings (SSSR count). The molecular formula is C15H17F3N4O4S. The number of alkyl halides is 3. The summed E-state index contributed by atoms with van der Waals surface area (Å²) in [4.78, 5) is 24.5. The molecule has 1 aromatic heterocycles. The molecule has 0 amide bonds. The van der Waals surface area contributed by atoms with Crippen molar-refractivity contribution in [3.8, 4) is 0 Å². The van der Waals surface area contributed by atoms with E-state index in [0.717, 1.165) is 29.9 Å². The largest absolute Gasteiger partial charge is 0.416 e. The molecule has 1 heterocycles. The summed E-state index contributed by atoms with van der Waals surface area (Å²) in [7, 11) is 0.821. The van der Waals surface area contributed by atoms with Gasteiger partial charge in [0, 0.05) is 34.4 Å². The minimum Gasteiger partial charge on any atom is -0.376 e. The van der Waals surface area contributed by atoms with Crippen LogP contribution < -0.4 is 20.9 Å². The van der Waals surface area contributed by atoms with Crippen LogP contribution in [0.25, 0.3) is 0 Å². The van der Waals surface area contributed by atoms with E-state index >= 15 is 0 Å². The Kier molecular flexibility index (Phi) is 5.14. The number of aromatic nitrogens is 2. The number of hydrogen-bond acceptors (Lipinski definition) is 5. The van der Waals surface area contributed by atoms with Gasteiger partial charge >= 0.3 is 11.9 Å². The highest BCUT2D eigenvalue weighted by molar-refractivity contribution is 7.92. The lowest BCUT2D eigenvalue weighted by Crippen LogP contribution is -2.40. The SMILES string of the molecule is CN(C)c1ccc(C(F)(F)F)cc1NS(=O)(=O)c1cn(C)c(=O)n(C)c1=O. The summed E-state index contributed by atoms with van der Waals surface area (Å²) >= 11 is 0. The summed E-state index contributed by atoms with van der Waals surface area (Å²) in [6.45, 7) is 0. The molecule has 1 N–H and O–H groups in total. The van der Waals surface area contributed by atoms with Crippen LogP contribution in [-0.4, -0.2) is 31.6 Å². The molecule has 0 spiro atoms. The molecule has 0 fully saturated rings. The summed E-state index contributed by atoms with van der Waals surface area (Å²) in [6.07, 6.45) is -3.87. The van der Waals surface area contributed by atoms with Crippen molar-refractivity contribution in [1.82, 2.24) is 9.13 Å². The third-order valence-electron chi connectivity index (χ3n) is 3.75. The molecule has 148 valence electrons. The minimum atomic E-state index is -4.68. The van der Waals surface area contributed by atoms with Crippen LogP contribution >= 0.6 is 0 Å². The van der Waals surface area contributed by atoms with Gasteiger partial charge in [0.2, 0.25) is 0 Å². The van der Waals surface area contributed by atoms with Gasteiger partial charge in [-0.05, 0) is 18.2 Å². The van der Waals surface area contributed by atoms with E-state index in [1.807, 2.05) is 4.72 Å². The summed E-state index contributed by atoms with van der Waals surface area (Å²) < 4.78 is 67.7. The van der Waals surface area contributed by atoms with Crippen molar-refractivity contribution < 1.29 is 21.6 Å². The van der Waals surface area contributed by atoms with Gasteiger partial charge in [0.15, 0.2) is 4.90 Å². The quantitative estimate of drug-likeness (QED) is 0.817. The monoisotopic (exact) mass is 406 g/mol. The molecule has 27 heavy (non-hydrogen) atoms. The van der Waals surface area contributed by atoms with Gasteiger partial charge in [-0.15, -0.1) is 0 Å². The summed E-state index contributed by atoms with van der Waals surface area (Å²) in [5.41, 5.74) is -3.09. The predicted molar refractivity (Wildman–Crippen MR) is 93.5 cm³/mol.